The summed E-state index contributed by atoms with van der Waals surface area (Å²) in [6.45, 7) is 3.49. The fourth-order valence-electron chi connectivity index (χ4n) is 1.02. The Morgan fingerprint density at radius 3 is 2.81 bits per heavy atom. The molecule has 0 fully saturated rings. The number of aromatic nitrogens is 2. The normalized spacial score (nSPS) is 11.1. The maximum atomic E-state index is 11.4. The Morgan fingerprint density at radius 2 is 2.31 bits per heavy atom. The molecular formula is C8H13N3O4S. The molecule has 0 saturated carbocycles. The zero-order valence-corrected chi connectivity index (χ0v) is 9.80. The summed E-state index contributed by atoms with van der Waals surface area (Å²) in [6, 6.07) is 1.52. The molecule has 0 radical (unpaired) electrons. The van der Waals surface area contributed by atoms with Gasteiger partial charge in [0.05, 0.1) is 6.61 Å². The summed E-state index contributed by atoms with van der Waals surface area (Å²) < 4.78 is 29.5. The van der Waals surface area contributed by atoms with Crippen LogP contribution in [-0.4, -0.2) is 36.9 Å². The molecule has 1 aromatic heterocycles. The van der Waals surface area contributed by atoms with Crippen molar-refractivity contribution in [2.75, 3.05) is 17.1 Å². The van der Waals surface area contributed by atoms with Crippen LogP contribution in [0, 0.1) is 6.92 Å². The van der Waals surface area contributed by atoms with E-state index in [1.54, 1.807) is 13.8 Å². The fraction of sp³-hybridized carbons (Fsp3) is 0.500. The van der Waals surface area contributed by atoms with Crippen LogP contribution in [0.3, 0.4) is 0 Å². The minimum atomic E-state index is -3.75. The van der Waals surface area contributed by atoms with E-state index in [2.05, 4.69) is 19.7 Å². The zero-order chi connectivity index (χ0) is 12.2. The van der Waals surface area contributed by atoms with Crippen LogP contribution in [0.4, 0.5) is 5.82 Å². The summed E-state index contributed by atoms with van der Waals surface area (Å²) in [7, 11) is -3.75. The average Bonchev–Trinajstić information content (AvgIpc) is 2.49. The van der Waals surface area contributed by atoms with Gasteiger partial charge in [0.2, 0.25) is 10.0 Å². The van der Waals surface area contributed by atoms with Gasteiger partial charge in [-0.1, -0.05) is 0 Å². The molecular weight excluding hydrogens is 234 g/mol. The van der Waals surface area contributed by atoms with Crippen molar-refractivity contribution in [3.05, 3.63) is 11.8 Å². The first-order chi connectivity index (χ1) is 7.43. The molecule has 8 heteroatoms. The van der Waals surface area contributed by atoms with Crippen molar-refractivity contribution >= 4 is 21.8 Å². The predicted molar refractivity (Wildman–Crippen MR) is 57.4 cm³/mol. The summed E-state index contributed by atoms with van der Waals surface area (Å²) in [5.41, 5.74) is 0.717. The van der Waals surface area contributed by atoms with Crippen LogP contribution in [0.15, 0.2) is 6.07 Å². The van der Waals surface area contributed by atoms with Gasteiger partial charge in [-0.3, -0.25) is 14.6 Å². The third-order valence-corrected chi connectivity index (χ3v) is 2.72. The molecule has 7 nitrogen and oxygen atoms in total. The molecule has 0 atom stereocenters. The summed E-state index contributed by atoms with van der Waals surface area (Å²) >= 11 is 0. The highest BCUT2D eigenvalue weighted by Gasteiger charge is 2.18. The Bertz CT molecular complexity index is 465. The highest BCUT2D eigenvalue weighted by molar-refractivity contribution is 7.93. The third kappa shape index (κ3) is 3.89. The van der Waals surface area contributed by atoms with Gasteiger partial charge in [0.15, 0.2) is 11.6 Å². The lowest BCUT2D eigenvalue weighted by molar-refractivity contribution is -0.139. The lowest BCUT2D eigenvalue weighted by Gasteiger charge is -2.04. The van der Waals surface area contributed by atoms with E-state index in [1.807, 2.05) is 0 Å². The van der Waals surface area contributed by atoms with Crippen molar-refractivity contribution in [1.82, 2.24) is 10.2 Å². The standard InChI is InChI=1S/C8H13N3O4S/c1-3-15-8(12)5-16(13,14)11-7-4-6(2)9-10-7/h4H,3,5H2,1-2H3,(H2,9,10,11). The van der Waals surface area contributed by atoms with Crippen molar-refractivity contribution in [2.45, 2.75) is 13.8 Å². The number of esters is 1. The van der Waals surface area contributed by atoms with E-state index in [0.717, 1.165) is 0 Å². The van der Waals surface area contributed by atoms with Gasteiger partial charge in [-0.15, -0.1) is 0 Å². The van der Waals surface area contributed by atoms with Crippen LogP contribution in [0.1, 0.15) is 12.6 Å². The van der Waals surface area contributed by atoms with Crippen LogP contribution in [0.2, 0.25) is 0 Å². The van der Waals surface area contributed by atoms with Crippen molar-refractivity contribution in [1.29, 1.82) is 0 Å². The molecule has 16 heavy (non-hydrogen) atoms. The zero-order valence-electron chi connectivity index (χ0n) is 8.98. The first kappa shape index (κ1) is 12.5. The monoisotopic (exact) mass is 247 g/mol. The number of anilines is 1. The largest absolute Gasteiger partial charge is 0.465 e. The van der Waals surface area contributed by atoms with Crippen LogP contribution < -0.4 is 4.72 Å². The summed E-state index contributed by atoms with van der Waals surface area (Å²) in [4.78, 5) is 11.0. The average molecular weight is 247 g/mol. The van der Waals surface area contributed by atoms with Gasteiger partial charge in [0.1, 0.15) is 0 Å². The van der Waals surface area contributed by atoms with Crippen LogP contribution in [0.25, 0.3) is 0 Å². The second-order valence-corrected chi connectivity index (χ2v) is 4.82. The molecule has 0 spiro atoms. The topological polar surface area (TPSA) is 101 Å². The van der Waals surface area contributed by atoms with E-state index in [1.165, 1.54) is 6.07 Å². The maximum Gasteiger partial charge on any atom is 0.323 e. The molecule has 0 aliphatic carbocycles. The minimum Gasteiger partial charge on any atom is -0.465 e. The number of sulfonamides is 1. The van der Waals surface area contributed by atoms with E-state index in [0.29, 0.717) is 5.69 Å². The molecule has 2 N–H and O–H groups in total. The number of hydrogen-bond donors (Lipinski definition) is 2. The van der Waals surface area contributed by atoms with Gasteiger partial charge in [0.25, 0.3) is 0 Å². The number of rotatable bonds is 5. The van der Waals surface area contributed by atoms with E-state index >= 15 is 0 Å². The van der Waals surface area contributed by atoms with E-state index in [4.69, 9.17) is 0 Å². The molecule has 0 unspecified atom stereocenters. The third-order valence-electron chi connectivity index (χ3n) is 1.58. The summed E-state index contributed by atoms with van der Waals surface area (Å²) in [6.07, 6.45) is 0. The maximum absolute atomic E-state index is 11.4. The number of carbonyl (C=O) groups excluding carboxylic acids is 1. The van der Waals surface area contributed by atoms with Crippen molar-refractivity contribution < 1.29 is 17.9 Å². The van der Waals surface area contributed by atoms with Crippen molar-refractivity contribution in [3.8, 4) is 0 Å². The Morgan fingerprint density at radius 1 is 1.62 bits per heavy atom. The fourth-order valence-corrected chi connectivity index (χ4v) is 1.91. The molecule has 1 rings (SSSR count). The van der Waals surface area contributed by atoms with Crippen LogP contribution in [-0.2, 0) is 19.6 Å². The number of carbonyl (C=O) groups is 1. The van der Waals surface area contributed by atoms with E-state index in [-0.39, 0.29) is 12.4 Å². The number of aromatic amines is 1. The predicted octanol–water partition coefficient (Wildman–Crippen LogP) is 0.0229. The Hall–Kier alpha value is -1.57. The smallest absolute Gasteiger partial charge is 0.323 e. The number of aryl methyl sites for hydroxylation is 1. The summed E-state index contributed by atoms with van der Waals surface area (Å²) in [5.74, 6) is -1.35. The van der Waals surface area contributed by atoms with E-state index < -0.39 is 21.7 Å². The van der Waals surface area contributed by atoms with Gasteiger partial charge < -0.3 is 4.74 Å². The first-order valence-corrected chi connectivity index (χ1v) is 6.26. The Kier molecular flexibility index (Phi) is 3.88. The second-order valence-electron chi connectivity index (χ2n) is 3.10. The summed E-state index contributed by atoms with van der Waals surface area (Å²) in [5, 5.41) is 6.26. The molecule has 1 heterocycles. The molecule has 0 amide bonds. The molecule has 0 aliphatic rings. The highest BCUT2D eigenvalue weighted by Crippen LogP contribution is 2.06. The molecule has 0 aliphatic heterocycles. The minimum absolute atomic E-state index is 0.149. The molecule has 0 bridgehead atoms. The van der Waals surface area contributed by atoms with E-state index in [9.17, 15) is 13.2 Å². The van der Waals surface area contributed by atoms with Gasteiger partial charge >= 0.3 is 5.97 Å². The first-order valence-electron chi connectivity index (χ1n) is 4.61. The molecule has 1 aromatic rings. The Balaban J connectivity index is 2.62. The number of H-pyrrole nitrogens is 1. The molecule has 0 saturated heterocycles. The van der Waals surface area contributed by atoms with Gasteiger partial charge in [-0.2, -0.15) is 5.10 Å². The van der Waals surface area contributed by atoms with Crippen LogP contribution in [0.5, 0.6) is 0 Å². The van der Waals surface area contributed by atoms with Gasteiger partial charge in [-0.25, -0.2) is 8.42 Å². The van der Waals surface area contributed by atoms with Gasteiger partial charge in [-0.05, 0) is 13.8 Å². The van der Waals surface area contributed by atoms with Crippen molar-refractivity contribution in [2.24, 2.45) is 0 Å². The quantitative estimate of drug-likeness (QED) is 0.714. The number of nitrogens with zero attached hydrogens (tertiary/aromatic N) is 1. The molecule has 0 aromatic carbocycles. The highest BCUT2D eigenvalue weighted by atomic mass is 32.2. The number of hydrogen-bond acceptors (Lipinski definition) is 5. The lowest BCUT2D eigenvalue weighted by Crippen LogP contribution is -2.24. The van der Waals surface area contributed by atoms with Gasteiger partial charge in [0, 0.05) is 11.8 Å². The van der Waals surface area contributed by atoms with Crippen molar-refractivity contribution in [3.63, 3.8) is 0 Å². The number of ether oxygens (including phenoxy) is 1. The second kappa shape index (κ2) is 4.97. The molecule has 90 valence electrons. The Labute approximate surface area is 93.2 Å². The van der Waals surface area contributed by atoms with Crippen LogP contribution >= 0.6 is 0 Å². The SMILES string of the molecule is CCOC(=O)CS(=O)(=O)Nc1cc(C)[nH]n1. The number of nitrogens with one attached hydrogen (secondary N) is 2. The lowest BCUT2D eigenvalue weighted by atomic mass is 10.5.